The molecule has 0 bridgehead atoms. The molecule has 1 aromatic heterocycles. The summed E-state index contributed by atoms with van der Waals surface area (Å²) in [5, 5.41) is 6.31. The van der Waals surface area contributed by atoms with Crippen LogP contribution < -0.4 is 15.5 Å². The quantitative estimate of drug-likeness (QED) is 0.721. The molecule has 1 atom stereocenters. The van der Waals surface area contributed by atoms with Gasteiger partial charge in [0.25, 0.3) is 5.91 Å². The predicted octanol–water partition coefficient (Wildman–Crippen LogP) is 4.70. The molecule has 5 heteroatoms. The van der Waals surface area contributed by atoms with E-state index in [-0.39, 0.29) is 5.91 Å². The Morgan fingerprint density at radius 1 is 1.15 bits per heavy atom. The van der Waals surface area contributed by atoms with Crippen molar-refractivity contribution in [3.63, 3.8) is 0 Å². The van der Waals surface area contributed by atoms with Crippen molar-refractivity contribution in [1.82, 2.24) is 4.98 Å². The lowest BCUT2D eigenvalue weighted by Gasteiger charge is -2.22. The molecule has 26 heavy (non-hydrogen) atoms. The first-order chi connectivity index (χ1) is 12.5. The molecule has 0 aliphatic heterocycles. The fraction of sp³-hybridized carbons (Fsp3) is 0.429. The lowest BCUT2D eigenvalue weighted by molar-refractivity contribution is 0.102. The Kier molecular flexibility index (Phi) is 7.01. The largest absolute Gasteiger partial charge is 0.372 e. The van der Waals surface area contributed by atoms with Gasteiger partial charge in [-0.3, -0.25) is 4.79 Å². The van der Waals surface area contributed by atoms with Crippen LogP contribution in [0.1, 0.15) is 50.0 Å². The van der Waals surface area contributed by atoms with Gasteiger partial charge in [-0.05, 0) is 70.0 Å². The Hall–Kier alpha value is -2.56. The molecule has 2 rings (SSSR count). The van der Waals surface area contributed by atoms with Gasteiger partial charge >= 0.3 is 0 Å². The van der Waals surface area contributed by atoms with Crippen LogP contribution >= 0.6 is 0 Å². The van der Waals surface area contributed by atoms with Gasteiger partial charge in [0.15, 0.2) is 0 Å². The van der Waals surface area contributed by atoms with E-state index in [1.807, 2.05) is 13.0 Å². The van der Waals surface area contributed by atoms with Crippen molar-refractivity contribution in [2.24, 2.45) is 0 Å². The summed E-state index contributed by atoms with van der Waals surface area (Å²) in [5.41, 5.74) is 3.65. The number of benzene rings is 1. The van der Waals surface area contributed by atoms with Gasteiger partial charge in [-0.25, -0.2) is 4.98 Å². The molecule has 2 N–H and O–H groups in total. The van der Waals surface area contributed by atoms with Crippen LogP contribution in [-0.4, -0.2) is 30.0 Å². The van der Waals surface area contributed by atoms with E-state index in [4.69, 9.17) is 0 Å². The first kappa shape index (κ1) is 19.8. The third kappa shape index (κ3) is 4.97. The van der Waals surface area contributed by atoms with Gasteiger partial charge in [-0.2, -0.15) is 0 Å². The normalized spacial score (nSPS) is 11.7. The number of carbonyl (C=O) groups excluding carboxylic acids is 1. The Labute approximate surface area is 156 Å². The van der Waals surface area contributed by atoms with Crippen molar-refractivity contribution in [1.29, 1.82) is 0 Å². The first-order valence-electron chi connectivity index (χ1n) is 9.37. The molecule has 0 radical (unpaired) electrons. The molecule has 2 aromatic rings. The number of aryl methyl sites for hydroxylation is 1. The van der Waals surface area contributed by atoms with Crippen molar-refractivity contribution >= 4 is 23.1 Å². The Morgan fingerprint density at radius 2 is 1.88 bits per heavy atom. The average molecular weight is 354 g/mol. The average Bonchev–Trinajstić information content (AvgIpc) is 2.65. The number of rotatable bonds is 8. The van der Waals surface area contributed by atoms with Crippen molar-refractivity contribution in [2.75, 3.05) is 28.6 Å². The van der Waals surface area contributed by atoms with E-state index in [9.17, 15) is 4.79 Å². The third-order valence-corrected chi connectivity index (χ3v) is 4.62. The highest BCUT2D eigenvalue weighted by Gasteiger charge is 2.11. The second kappa shape index (κ2) is 9.22. The van der Waals surface area contributed by atoms with E-state index in [1.165, 1.54) is 5.69 Å². The SMILES string of the molecule is CCC(C)Nc1cc(C(=O)Nc2ccc(N(CC)CC)cc2C)ccn1. The number of aromatic nitrogens is 1. The van der Waals surface area contributed by atoms with Gasteiger partial charge in [-0.1, -0.05) is 6.92 Å². The van der Waals surface area contributed by atoms with Crippen LogP contribution in [0.3, 0.4) is 0 Å². The van der Waals surface area contributed by atoms with Crippen LogP contribution in [0.25, 0.3) is 0 Å². The Bertz CT molecular complexity index is 741. The number of amides is 1. The van der Waals surface area contributed by atoms with Crippen LogP contribution in [-0.2, 0) is 0 Å². The van der Waals surface area contributed by atoms with E-state index in [0.29, 0.717) is 11.6 Å². The van der Waals surface area contributed by atoms with Crippen molar-refractivity contribution < 1.29 is 4.79 Å². The molecule has 1 unspecified atom stereocenters. The lowest BCUT2D eigenvalue weighted by atomic mass is 10.1. The van der Waals surface area contributed by atoms with Crippen LogP contribution in [0.5, 0.6) is 0 Å². The number of carbonyl (C=O) groups is 1. The van der Waals surface area contributed by atoms with E-state index >= 15 is 0 Å². The number of anilines is 3. The maximum atomic E-state index is 12.6. The molecular formula is C21H30N4O. The summed E-state index contributed by atoms with van der Waals surface area (Å²) in [7, 11) is 0. The standard InChI is InChI=1S/C21H30N4O/c1-6-16(5)23-20-14-17(11-12-22-20)21(26)24-19-10-9-18(13-15(19)4)25(7-2)8-3/h9-14,16H,6-8H2,1-5H3,(H,22,23)(H,24,26). The summed E-state index contributed by atoms with van der Waals surface area (Å²) in [4.78, 5) is 19.2. The molecule has 5 nitrogen and oxygen atoms in total. The molecule has 1 heterocycles. The van der Waals surface area contributed by atoms with Crippen molar-refractivity contribution in [3.8, 4) is 0 Å². The zero-order valence-electron chi connectivity index (χ0n) is 16.5. The fourth-order valence-corrected chi connectivity index (χ4v) is 2.77. The van der Waals surface area contributed by atoms with E-state index in [1.54, 1.807) is 18.3 Å². The maximum absolute atomic E-state index is 12.6. The van der Waals surface area contributed by atoms with E-state index in [0.717, 1.165) is 36.6 Å². The highest BCUT2D eigenvalue weighted by Crippen LogP contribution is 2.23. The molecule has 0 saturated heterocycles. The van der Waals surface area contributed by atoms with Crippen LogP contribution in [0.2, 0.25) is 0 Å². The zero-order valence-corrected chi connectivity index (χ0v) is 16.5. The summed E-state index contributed by atoms with van der Waals surface area (Å²) in [6.07, 6.45) is 2.66. The van der Waals surface area contributed by atoms with Gasteiger partial charge in [0.1, 0.15) is 5.82 Å². The number of hydrogen-bond donors (Lipinski definition) is 2. The summed E-state index contributed by atoms with van der Waals surface area (Å²) in [6.45, 7) is 12.4. The van der Waals surface area contributed by atoms with Crippen molar-refractivity contribution in [3.05, 3.63) is 47.7 Å². The monoisotopic (exact) mass is 354 g/mol. The van der Waals surface area contributed by atoms with Crippen molar-refractivity contribution in [2.45, 2.75) is 47.1 Å². The Morgan fingerprint density at radius 3 is 2.50 bits per heavy atom. The predicted molar refractivity (Wildman–Crippen MR) is 110 cm³/mol. The van der Waals surface area contributed by atoms with Gasteiger partial charge in [0.05, 0.1) is 0 Å². The summed E-state index contributed by atoms with van der Waals surface area (Å²) in [5.74, 6) is 0.596. The van der Waals surface area contributed by atoms with E-state index < -0.39 is 0 Å². The molecule has 0 saturated carbocycles. The van der Waals surface area contributed by atoms with Crippen LogP contribution in [0.15, 0.2) is 36.5 Å². The second-order valence-electron chi connectivity index (χ2n) is 6.51. The number of nitrogens with zero attached hydrogens (tertiary/aromatic N) is 2. The third-order valence-electron chi connectivity index (χ3n) is 4.62. The van der Waals surface area contributed by atoms with Crippen LogP contribution in [0, 0.1) is 6.92 Å². The highest BCUT2D eigenvalue weighted by atomic mass is 16.1. The maximum Gasteiger partial charge on any atom is 0.255 e. The van der Waals surface area contributed by atoms with E-state index in [2.05, 4.69) is 60.3 Å². The van der Waals surface area contributed by atoms with Gasteiger partial charge in [0.2, 0.25) is 0 Å². The Balaban J connectivity index is 2.13. The highest BCUT2D eigenvalue weighted by molar-refractivity contribution is 6.05. The number of pyridine rings is 1. The minimum Gasteiger partial charge on any atom is -0.372 e. The first-order valence-corrected chi connectivity index (χ1v) is 9.37. The number of nitrogens with one attached hydrogen (secondary N) is 2. The fourth-order valence-electron chi connectivity index (χ4n) is 2.77. The van der Waals surface area contributed by atoms with Crippen LogP contribution in [0.4, 0.5) is 17.2 Å². The topological polar surface area (TPSA) is 57.3 Å². The molecule has 1 aromatic carbocycles. The molecule has 0 aliphatic rings. The zero-order chi connectivity index (χ0) is 19.1. The molecule has 0 fully saturated rings. The lowest BCUT2D eigenvalue weighted by Crippen LogP contribution is -2.22. The minimum atomic E-state index is -0.127. The van der Waals surface area contributed by atoms with Gasteiger partial charge < -0.3 is 15.5 Å². The summed E-state index contributed by atoms with van der Waals surface area (Å²) in [6, 6.07) is 9.98. The molecule has 0 spiro atoms. The summed E-state index contributed by atoms with van der Waals surface area (Å²) < 4.78 is 0. The smallest absolute Gasteiger partial charge is 0.255 e. The number of hydrogen-bond acceptors (Lipinski definition) is 4. The molecular weight excluding hydrogens is 324 g/mol. The molecule has 0 aliphatic carbocycles. The molecule has 1 amide bonds. The minimum absolute atomic E-state index is 0.127. The second-order valence-corrected chi connectivity index (χ2v) is 6.51. The van der Waals surface area contributed by atoms with Gasteiger partial charge in [-0.15, -0.1) is 0 Å². The van der Waals surface area contributed by atoms with Gasteiger partial charge in [0, 0.05) is 42.3 Å². The summed E-state index contributed by atoms with van der Waals surface area (Å²) >= 11 is 0. The molecule has 140 valence electrons.